The van der Waals surface area contributed by atoms with Gasteiger partial charge in [0, 0.05) is 6.20 Å². The average Bonchev–Trinajstić information content (AvgIpc) is 3.11. The molecular weight excluding hydrogens is 423 g/mol. The number of aromatic nitrogens is 3. The number of carbonyl (C=O) groups is 1. The molecular formula is C19H17ClF3N5O2. The number of fused-ring (bicyclic) bond motifs is 1. The number of halogens is 4. The summed E-state index contributed by atoms with van der Waals surface area (Å²) in [5, 5.41) is 6.91. The molecule has 0 aliphatic rings. The first-order valence-corrected chi connectivity index (χ1v) is 9.18. The number of anilines is 1. The summed E-state index contributed by atoms with van der Waals surface area (Å²) in [5.74, 6) is -0.304. The van der Waals surface area contributed by atoms with Gasteiger partial charge in [-0.25, -0.2) is 9.31 Å². The Morgan fingerprint density at radius 2 is 2.10 bits per heavy atom. The molecule has 0 fully saturated rings. The SMILES string of the molecule is C=Nc1cc([C@@H](C)Nc2nc(Cl)nn3cc(C(=O)OCC)cc23)cc(C(F)(F)F)c1. The highest BCUT2D eigenvalue weighted by Crippen LogP contribution is 2.35. The second kappa shape index (κ2) is 8.31. The molecule has 2 heterocycles. The van der Waals surface area contributed by atoms with Gasteiger partial charge in [0.1, 0.15) is 5.52 Å². The zero-order chi connectivity index (χ0) is 22.1. The van der Waals surface area contributed by atoms with Crippen LogP contribution in [-0.2, 0) is 10.9 Å². The number of nitrogens with zero attached hydrogens (tertiary/aromatic N) is 4. The molecule has 0 radical (unpaired) electrons. The Morgan fingerprint density at radius 1 is 1.37 bits per heavy atom. The highest BCUT2D eigenvalue weighted by molar-refractivity contribution is 6.28. The second-order valence-corrected chi connectivity index (χ2v) is 6.68. The molecule has 1 N–H and O–H groups in total. The molecule has 0 unspecified atom stereocenters. The van der Waals surface area contributed by atoms with E-state index in [1.54, 1.807) is 13.8 Å². The topological polar surface area (TPSA) is 80.9 Å². The van der Waals surface area contributed by atoms with Gasteiger partial charge in [-0.3, -0.25) is 4.99 Å². The number of nitrogens with one attached hydrogen (secondary N) is 1. The van der Waals surface area contributed by atoms with Gasteiger partial charge < -0.3 is 10.1 Å². The largest absolute Gasteiger partial charge is 0.462 e. The van der Waals surface area contributed by atoms with Gasteiger partial charge in [-0.05, 0) is 62.0 Å². The molecule has 0 saturated carbocycles. The molecule has 0 bridgehead atoms. The van der Waals surface area contributed by atoms with Gasteiger partial charge in [0.2, 0.25) is 5.28 Å². The zero-order valence-corrected chi connectivity index (χ0v) is 16.8. The lowest BCUT2D eigenvalue weighted by Gasteiger charge is -2.18. The summed E-state index contributed by atoms with van der Waals surface area (Å²) in [6.45, 7) is 6.84. The Kier molecular flexibility index (Phi) is 5.97. The van der Waals surface area contributed by atoms with Crippen LogP contribution in [0.2, 0.25) is 5.28 Å². The van der Waals surface area contributed by atoms with Crippen molar-refractivity contribution in [3.05, 3.63) is 52.4 Å². The lowest BCUT2D eigenvalue weighted by Crippen LogP contribution is -2.12. The lowest BCUT2D eigenvalue weighted by atomic mass is 10.0. The Hall–Kier alpha value is -3.14. The summed E-state index contributed by atoms with van der Waals surface area (Å²) in [7, 11) is 0. The van der Waals surface area contributed by atoms with Crippen LogP contribution in [0.25, 0.3) is 5.52 Å². The normalized spacial score (nSPS) is 12.6. The van der Waals surface area contributed by atoms with Crippen LogP contribution in [-0.4, -0.2) is 33.9 Å². The third-order valence-corrected chi connectivity index (χ3v) is 4.41. The molecule has 158 valence electrons. The quantitative estimate of drug-likeness (QED) is 0.427. The lowest BCUT2D eigenvalue weighted by molar-refractivity contribution is -0.137. The predicted octanol–water partition coefficient (Wildman–Crippen LogP) is 5.08. The molecule has 3 aromatic rings. The minimum absolute atomic E-state index is 0.0895. The minimum atomic E-state index is -4.53. The molecule has 2 aromatic heterocycles. The van der Waals surface area contributed by atoms with Crippen molar-refractivity contribution in [1.29, 1.82) is 0 Å². The Balaban J connectivity index is 1.99. The Morgan fingerprint density at radius 3 is 2.73 bits per heavy atom. The van der Waals surface area contributed by atoms with E-state index in [1.165, 1.54) is 22.8 Å². The van der Waals surface area contributed by atoms with Gasteiger partial charge in [-0.15, -0.1) is 5.10 Å². The van der Waals surface area contributed by atoms with Crippen LogP contribution in [0.5, 0.6) is 0 Å². The maximum Gasteiger partial charge on any atom is 0.416 e. The van der Waals surface area contributed by atoms with Crippen molar-refractivity contribution in [3.8, 4) is 0 Å². The number of ether oxygens (including phenoxy) is 1. The number of aliphatic imine (C=N–C) groups is 1. The van der Waals surface area contributed by atoms with Crippen molar-refractivity contribution in [2.75, 3.05) is 11.9 Å². The van der Waals surface area contributed by atoms with Gasteiger partial charge >= 0.3 is 12.1 Å². The molecule has 30 heavy (non-hydrogen) atoms. The highest BCUT2D eigenvalue weighted by Gasteiger charge is 2.31. The summed E-state index contributed by atoms with van der Waals surface area (Å²) < 4.78 is 45.9. The predicted molar refractivity (Wildman–Crippen MR) is 107 cm³/mol. The van der Waals surface area contributed by atoms with Crippen LogP contribution in [0.3, 0.4) is 0 Å². The van der Waals surface area contributed by atoms with Gasteiger partial charge in [-0.2, -0.15) is 18.2 Å². The van der Waals surface area contributed by atoms with E-state index < -0.39 is 23.8 Å². The first kappa shape index (κ1) is 21.6. The molecule has 0 amide bonds. The standard InChI is InChI=1S/C19H17ClF3N5O2/c1-4-30-17(29)12-7-15-16(26-18(20)27-28(15)9-12)25-10(2)11-5-13(19(21,22)23)8-14(6-11)24-3/h5-10H,3-4H2,1-2H3,(H,25,26,27)/t10-/m1/s1. The van der Waals surface area contributed by atoms with E-state index in [0.717, 1.165) is 12.1 Å². The van der Waals surface area contributed by atoms with Crippen molar-refractivity contribution in [2.45, 2.75) is 26.1 Å². The van der Waals surface area contributed by atoms with E-state index in [0.29, 0.717) is 11.1 Å². The summed E-state index contributed by atoms with van der Waals surface area (Å²) in [5.41, 5.74) is 0.211. The molecule has 7 nitrogen and oxygen atoms in total. The smallest absolute Gasteiger partial charge is 0.416 e. The molecule has 0 aliphatic heterocycles. The van der Waals surface area contributed by atoms with E-state index in [-0.39, 0.29) is 29.0 Å². The molecule has 3 rings (SSSR count). The van der Waals surface area contributed by atoms with E-state index in [2.05, 4.69) is 27.1 Å². The van der Waals surface area contributed by atoms with Crippen molar-refractivity contribution in [2.24, 2.45) is 4.99 Å². The van der Waals surface area contributed by atoms with Crippen LogP contribution in [0.1, 0.15) is 41.4 Å². The highest BCUT2D eigenvalue weighted by atomic mass is 35.5. The van der Waals surface area contributed by atoms with Crippen LogP contribution >= 0.6 is 11.6 Å². The maximum absolute atomic E-state index is 13.2. The summed E-state index contributed by atoms with van der Waals surface area (Å²) in [4.78, 5) is 19.7. The van der Waals surface area contributed by atoms with E-state index in [1.807, 2.05) is 0 Å². The van der Waals surface area contributed by atoms with Crippen LogP contribution < -0.4 is 5.32 Å². The third-order valence-electron chi connectivity index (χ3n) is 4.25. The molecule has 1 aromatic carbocycles. The van der Waals surface area contributed by atoms with Crippen molar-refractivity contribution >= 4 is 41.3 Å². The number of rotatable bonds is 6. The van der Waals surface area contributed by atoms with Gasteiger partial charge in [0.25, 0.3) is 0 Å². The number of hydrogen-bond donors (Lipinski definition) is 1. The minimum Gasteiger partial charge on any atom is -0.462 e. The maximum atomic E-state index is 13.2. The molecule has 1 atom stereocenters. The number of alkyl halides is 3. The molecule has 11 heteroatoms. The van der Waals surface area contributed by atoms with Crippen molar-refractivity contribution < 1.29 is 22.7 Å². The molecule has 0 saturated heterocycles. The van der Waals surface area contributed by atoms with E-state index in [4.69, 9.17) is 16.3 Å². The number of carbonyl (C=O) groups excluding carboxylic acids is 1. The zero-order valence-electron chi connectivity index (χ0n) is 16.0. The van der Waals surface area contributed by atoms with Crippen LogP contribution in [0, 0.1) is 0 Å². The van der Waals surface area contributed by atoms with Crippen molar-refractivity contribution in [3.63, 3.8) is 0 Å². The van der Waals surface area contributed by atoms with E-state index in [9.17, 15) is 18.0 Å². The number of benzene rings is 1. The molecule has 0 aliphatic carbocycles. The summed E-state index contributed by atoms with van der Waals surface area (Å²) >= 11 is 5.96. The monoisotopic (exact) mass is 439 g/mol. The van der Waals surface area contributed by atoms with Gasteiger partial charge in [0.15, 0.2) is 5.82 Å². The van der Waals surface area contributed by atoms with Gasteiger partial charge in [0.05, 0.1) is 29.5 Å². The fraction of sp³-hybridized carbons (Fsp3) is 0.263. The van der Waals surface area contributed by atoms with Crippen molar-refractivity contribution in [1.82, 2.24) is 14.6 Å². The summed E-state index contributed by atoms with van der Waals surface area (Å²) in [6.07, 6.45) is -3.10. The Bertz CT molecular complexity index is 1110. The molecule has 0 spiro atoms. The van der Waals surface area contributed by atoms with Gasteiger partial charge in [-0.1, -0.05) is 0 Å². The average molecular weight is 440 g/mol. The number of esters is 1. The number of hydrogen-bond acceptors (Lipinski definition) is 6. The van der Waals surface area contributed by atoms with Crippen LogP contribution in [0.4, 0.5) is 24.7 Å². The first-order valence-electron chi connectivity index (χ1n) is 8.81. The first-order chi connectivity index (χ1) is 14.1. The fourth-order valence-electron chi connectivity index (χ4n) is 2.83. The third kappa shape index (κ3) is 4.54. The fourth-order valence-corrected chi connectivity index (χ4v) is 3.00. The van der Waals surface area contributed by atoms with E-state index >= 15 is 0 Å². The second-order valence-electron chi connectivity index (χ2n) is 6.34. The Labute approximate surface area is 174 Å². The van der Waals surface area contributed by atoms with Crippen LogP contribution in [0.15, 0.2) is 35.5 Å². The summed E-state index contributed by atoms with van der Waals surface area (Å²) in [6, 6.07) is 4.33.